The summed E-state index contributed by atoms with van der Waals surface area (Å²) in [6.45, 7) is -0.0525. The number of urea groups is 1. The minimum absolute atomic E-state index is 0.000969. The van der Waals surface area contributed by atoms with Crippen LogP contribution in [0.15, 0.2) is 54.2 Å². The molecule has 1 saturated heterocycles. The van der Waals surface area contributed by atoms with Crippen LogP contribution in [0.4, 0.5) is 10.5 Å². The zero-order valence-corrected chi connectivity index (χ0v) is 18.1. The Morgan fingerprint density at radius 2 is 1.84 bits per heavy atom. The fourth-order valence-electron chi connectivity index (χ4n) is 3.42. The van der Waals surface area contributed by atoms with E-state index in [0.29, 0.717) is 16.5 Å². The number of barbiturate groups is 1. The summed E-state index contributed by atoms with van der Waals surface area (Å²) < 4.78 is 6.38. The highest BCUT2D eigenvalue weighted by Gasteiger charge is 2.38. The average molecular weight is 472 g/mol. The van der Waals surface area contributed by atoms with E-state index < -0.39 is 23.8 Å². The van der Waals surface area contributed by atoms with Gasteiger partial charge in [-0.25, -0.2) is 9.69 Å². The number of ether oxygens (including phenoxy) is 1. The number of nitrogens with one attached hydrogen (secondary N) is 1. The van der Waals surface area contributed by atoms with Gasteiger partial charge in [-0.2, -0.15) is 0 Å². The van der Waals surface area contributed by atoms with E-state index in [1.165, 1.54) is 31.4 Å². The second-order valence-electron chi connectivity index (χ2n) is 6.84. The van der Waals surface area contributed by atoms with Crippen molar-refractivity contribution in [2.75, 3.05) is 12.0 Å². The Kier molecular flexibility index (Phi) is 5.73. The van der Waals surface area contributed by atoms with Crippen molar-refractivity contribution in [3.63, 3.8) is 0 Å². The molecule has 0 unspecified atom stereocenters. The van der Waals surface area contributed by atoms with Gasteiger partial charge in [0.1, 0.15) is 12.1 Å². The molecule has 1 aliphatic heterocycles. The lowest BCUT2D eigenvalue weighted by molar-refractivity contribution is -0.141. The summed E-state index contributed by atoms with van der Waals surface area (Å²) in [4.78, 5) is 50.7. The van der Waals surface area contributed by atoms with Gasteiger partial charge in [0.15, 0.2) is 0 Å². The number of anilines is 1. The number of para-hydroxylation sites is 1. The molecule has 4 rings (SSSR count). The second kappa shape index (κ2) is 8.49. The van der Waals surface area contributed by atoms with Gasteiger partial charge in [-0.05, 0) is 24.3 Å². The van der Waals surface area contributed by atoms with Gasteiger partial charge in [-0.15, -0.1) is 0 Å². The third-order valence-electron chi connectivity index (χ3n) is 4.92. The molecule has 8 nitrogen and oxygen atoms in total. The molecule has 10 heteroatoms. The number of benzene rings is 2. The number of carbonyl (C=O) groups is 4. The number of carbonyl (C=O) groups excluding carboxylic acids is 4. The number of hydrogen-bond donors (Lipinski definition) is 1. The van der Waals surface area contributed by atoms with Gasteiger partial charge in [-0.1, -0.05) is 47.5 Å². The maximum absolute atomic E-state index is 13.2. The molecule has 1 fully saturated rings. The molecule has 2 aromatic carbocycles. The van der Waals surface area contributed by atoms with Crippen LogP contribution in [0.2, 0.25) is 10.0 Å². The standard InChI is InChI=1S/C22H15Cl2N3O5/c1-32-18(28)11-26-10-12(13-5-2-3-7-16(13)26)9-14-20(29)25-22(31)27(21(14)30)17-8-4-6-15(23)19(17)24/h2-10H,11H2,1H3,(H,25,29,31)/b14-9+. The van der Waals surface area contributed by atoms with Crippen LogP contribution in [-0.4, -0.2) is 35.5 Å². The Morgan fingerprint density at radius 1 is 1.09 bits per heavy atom. The van der Waals surface area contributed by atoms with Crippen molar-refractivity contribution < 1.29 is 23.9 Å². The summed E-state index contributed by atoms with van der Waals surface area (Å²) in [5.41, 5.74) is 0.989. The maximum atomic E-state index is 13.2. The fraction of sp³-hybridized carbons (Fsp3) is 0.0909. The number of methoxy groups -OCH3 is 1. The molecule has 0 saturated carbocycles. The zero-order chi connectivity index (χ0) is 23.0. The molecule has 0 radical (unpaired) electrons. The van der Waals surface area contributed by atoms with Crippen molar-refractivity contribution in [1.82, 2.24) is 9.88 Å². The van der Waals surface area contributed by atoms with E-state index in [1.54, 1.807) is 35.0 Å². The molecular formula is C22H15Cl2N3O5. The van der Waals surface area contributed by atoms with Gasteiger partial charge in [0.25, 0.3) is 11.8 Å². The molecule has 0 aliphatic carbocycles. The molecule has 1 N–H and O–H groups in total. The number of amides is 4. The highest BCUT2D eigenvalue weighted by Crippen LogP contribution is 2.34. The Balaban J connectivity index is 1.81. The van der Waals surface area contributed by atoms with Gasteiger partial charge in [0.05, 0.1) is 22.8 Å². The maximum Gasteiger partial charge on any atom is 0.336 e. The number of imide groups is 2. The van der Waals surface area contributed by atoms with Crippen molar-refractivity contribution >= 4 is 69.7 Å². The molecule has 2 heterocycles. The predicted molar refractivity (Wildman–Crippen MR) is 119 cm³/mol. The van der Waals surface area contributed by atoms with E-state index in [9.17, 15) is 19.2 Å². The lowest BCUT2D eigenvalue weighted by Gasteiger charge is -2.27. The predicted octanol–water partition coefficient (Wildman–Crippen LogP) is 3.79. The van der Waals surface area contributed by atoms with Crippen LogP contribution in [0.3, 0.4) is 0 Å². The van der Waals surface area contributed by atoms with Crippen LogP contribution in [0, 0.1) is 0 Å². The Labute approximate surface area is 191 Å². The lowest BCUT2D eigenvalue weighted by Crippen LogP contribution is -2.54. The number of rotatable bonds is 4. The third kappa shape index (κ3) is 3.74. The molecular weight excluding hydrogens is 457 g/mol. The largest absolute Gasteiger partial charge is 0.468 e. The van der Waals surface area contributed by atoms with Crippen molar-refractivity contribution in [1.29, 1.82) is 0 Å². The number of fused-ring (bicyclic) bond motifs is 1. The molecule has 162 valence electrons. The highest BCUT2D eigenvalue weighted by atomic mass is 35.5. The summed E-state index contributed by atoms with van der Waals surface area (Å²) in [6.07, 6.45) is 2.99. The number of hydrogen-bond acceptors (Lipinski definition) is 5. The summed E-state index contributed by atoms with van der Waals surface area (Å²) in [5.74, 6) is -2.16. The van der Waals surface area contributed by atoms with Crippen LogP contribution >= 0.6 is 23.2 Å². The SMILES string of the molecule is COC(=O)Cn1cc(/C=C2\C(=O)NC(=O)N(c3cccc(Cl)c3Cl)C2=O)c2ccccc21. The number of nitrogens with zero attached hydrogens (tertiary/aromatic N) is 2. The highest BCUT2D eigenvalue weighted by molar-refractivity contribution is 6.46. The van der Waals surface area contributed by atoms with E-state index in [1.807, 2.05) is 0 Å². The lowest BCUT2D eigenvalue weighted by atomic mass is 10.1. The summed E-state index contributed by atoms with van der Waals surface area (Å²) in [6, 6.07) is 10.7. The molecule has 4 amide bonds. The van der Waals surface area contributed by atoms with E-state index in [4.69, 9.17) is 27.9 Å². The van der Waals surface area contributed by atoms with Gasteiger partial charge < -0.3 is 9.30 Å². The number of aromatic nitrogens is 1. The Bertz CT molecular complexity index is 1330. The van der Waals surface area contributed by atoms with E-state index in [-0.39, 0.29) is 27.9 Å². The Hall–Kier alpha value is -3.62. The summed E-state index contributed by atoms with van der Waals surface area (Å²) in [7, 11) is 1.29. The van der Waals surface area contributed by atoms with Crippen molar-refractivity contribution in [2.45, 2.75) is 6.54 Å². The summed E-state index contributed by atoms with van der Waals surface area (Å²) >= 11 is 12.2. The molecule has 0 atom stereocenters. The molecule has 32 heavy (non-hydrogen) atoms. The van der Waals surface area contributed by atoms with Gasteiger partial charge in [0.2, 0.25) is 0 Å². The first-order valence-corrected chi connectivity index (χ1v) is 10.1. The summed E-state index contributed by atoms with van der Waals surface area (Å²) in [5, 5.41) is 3.00. The van der Waals surface area contributed by atoms with E-state index in [0.717, 1.165) is 4.90 Å². The minimum atomic E-state index is -0.936. The molecule has 1 aliphatic rings. The van der Waals surface area contributed by atoms with Crippen LogP contribution in [0.25, 0.3) is 17.0 Å². The molecule has 0 spiro atoms. The quantitative estimate of drug-likeness (QED) is 0.354. The van der Waals surface area contributed by atoms with Gasteiger partial charge >= 0.3 is 12.0 Å². The minimum Gasteiger partial charge on any atom is -0.468 e. The van der Waals surface area contributed by atoms with Crippen LogP contribution in [0.1, 0.15) is 5.56 Å². The van der Waals surface area contributed by atoms with E-state index >= 15 is 0 Å². The number of esters is 1. The molecule has 0 bridgehead atoms. The second-order valence-corrected chi connectivity index (χ2v) is 7.62. The van der Waals surface area contributed by atoms with Crippen molar-refractivity contribution in [2.24, 2.45) is 0 Å². The number of halogens is 2. The van der Waals surface area contributed by atoms with Gasteiger partial charge in [0, 0.05) is 22.7 Å². The Morgan fingerprint density at radius 3 is 2.59 bits per heavy atom. The normalized spacial score (nSPS) is 15.4. The first-order valence-electron chi connectivity index (χ1n) is 9.32. The van der Waals surface area contributed by atoms with Crippen LogP contribution in [0.5, 0.6) is 0 Å². The average Bonchev–Trinajstić information content (AvgIpc) is 3.11. The first-order chi connectivity index (χ1) is 15.3. The fourth-order valence-corrected chi connectivity index (χ4v) is 3.80. The van der Waals surface area contributed by atoms with Crippen LogP contribution in [-0.2, 0) is 25.7 Å². The topological polar surface area (TPSA) is 97.7 Å². The third-order valence-corrected chi connectivity index (χ3v) is 5.73. The zero-order valence-electron chi connectivity index (χ0n) is 16.6. The first kappa shape index (κ1) is 21.6. The monoisotopic (exact) mass is 471 g/mol. The van der Waals surface area contributed by atoms with Crippen LogP contribution < -0.4 is 10.2 Å². The van der Waals surface area contributed by atoms with Gasteiger partial charge in [-0.3, -0.25) is 19.7 Å². The smallest absolute Gasteiger partial charge is 0.336 e. The molecule has 3 aromatic rings. The van der Waals surface area contributed by atoms with E-state index in [2.05, 4.69) is 5.32 Å². The molecule has 1 aromatic heterocycles. The van der Waals surface area contributed by atoms with Crippen molar-refractivity contribution in [3.05, 3.63) is 69.8 Å². The van der Waals surface area contributed by atoms with Crippen molar-refractivity contribution in [3.8, 4) is 0 Å².